The molecule has 3 aromatic carbocycles. The highest BCUT2D eigenvalue weighted by atomic mass is 16.5. The average molecular weight is 390 g/mol. The number of phenolic OH excluding ortho intramolecular Hbond substituents is 4. The minimum atomic E-state index is -0.450. The lowest BCUT2D eigenvalue weighted by Crippen LogP contribution is -2.21. The molecule has 0 spiro atoms. The molecule has 146 valence electrons. The van der Waals surface area contributed by atoms with Crippen LogP contribution in [0.1, 0.15) is 34.6 Å². The molecule has 3 aromatic rings. The van der Waals surface area contributed by atoms with Crippen LogP contribution in [0.5, 0.6) is 28.7 Å². The van der Waals surface area contributed by atoms with E-state index in [2.05, 4.69) is 0 Å². The lowest BCUT2D eigenvalue weighted by Gasteiger charge is -2.27. The zero-order valence-corrected chi connectivity index (χ0v) is 15.2. The fourth-order valence-electron chi connectivity index (χ4n) is 3.47. The van der Waals surface area contributed by atoms with E-state index in [1.807, 2.05) is 6.08 Å². The van der Waals surface area contributed by atoms with E-state index in [1.165, 1.54) is 18.2 Å². The summed E-state index contributed by atoms with van der Waals surface area (Å²) in [4.78, 5) is 12.1. The molecular formula is C23H18O6. The molecule has 0 amide bonds. The number of ether oxygens (including phenoxy) is 1. The van der Waals surface area contributed by atoms with Crippen LogP contribution in [0.15, 0.2) is 54.6 Å². The van der Waals surface area contributed by atoms with Crippen molar-refractivity contribution in [3.63, 3.8) is 0 Å². The second-order valence-electron chi connectivity index (χ2n) is 6.85. The van der Waals surface area contributed by atoms with Gasteiger partial charge in [-0.1, -0.05) is 30.4 Å². The third kappa shape index (κ3) is 3.73. The Morgan fingerprint density at radius 2 is 1.59 bits per heavy atom. The first kappa shape index (κ1) is 18.4. The van der Waals surface area contributed by atoms with Crippen molar-refractivity contribution in [3.05, 3.63) is 76.9 Å². The Kier molecular flexibility index (Phi) is 4.60. The van der Waals surface area contributed by atoms with Crippen LogP contribution < -0.4 is 4.74 Å². The third-order valence-corrected chi connectivity index (χ3v) is 4.85. The van der Waals surface area contributed by atoms with Gasteiger partial charge in [-0.2, -0.15) is 0 Å². The van der Waals surface area contributed by atoms with E-state index in [0.29, 0.717) is 16.7 Å². The van der Waals surface area contributed by atoms with Gasteiger partial charge in [-0.3, -0.25) is 4.79 Å². The maximum Gasteiger partial charge on any atom is 0.312 e. The van der Waals surface area contributed by atoms with Gasteiger partial charge in [-0.15, -0.1) is 0 Å². The monoisotopic (exact) mass is 390 g/mol. The quantitative estimate of drug-likeness (QED) is 0.232. The van der Waals surface area contributed by atoms with Crippen LogP contribution >= 0.6 is 0 Å². The maximum atomic E-state index is 12.1. The summed E-state index contributed by atoms with van der Waals surface area (Å²) < 4.78 is 5.35. The number of hydrogen-bond acceptors (Lipinski definition) is 6. The Labute approximate surface area is 166 Å². The van der Waals surface area contributed by atoms with E-state index in [0.717, 1.165) is 5.56 Å². The zero-order valence-electron chi connectivity index (χ0n) is 15.2. The Balaban J connectivity index is 1.82. The largest absolute Gasteiger partial charge is 0.508 e. The van der Waals surface area contributed by atoms with Crippen molar-refractivity contribution in [1.29, 1.82) is 0 Å². The van der Waals surface area contributed by atoms with Crippen molar-refractivity contribution in [2.45, 2.75) is 12.3 Å². The summed E-state index contributed by atoms with van der Waals surface area (Å²) >= 11 is 0. The van der Waals surface area contributed by atoms with Gasteiger partial charge in [0, 0.05) is 17.5 Å². The second kappa shape index (κ2) is 7.24. The van der Waals surface area contributed by atoms with Crippen molar-refractivity contribution >= 4 is 18.1 Å². The molecule has 0 saturated carbocycles. The fourth-order valence-corrected chi connectivity index (χ4v) is 3.47. The zero-order chi connectivity index (χ0) is 20.5. The van der Waals surface area contributed by atoms with Gasteiger partial charge in [0.15, 0.2) is 11.5 Å². The van der Waals surface area contributed by atoms with E-state index in [4.69, 9.17) is 4.74 Å². The molecule has 0 saturated heterocycles. The standard InChI is InChI=1S/C23H18O6/c24-16-6-2-13(3-7-16)1-4-15-9-17(25)11-21-23(15)18(12-22(28)29-21)14-5-8-19(26)20(27)10-14/h1-11,18,24-27H,12H2/b4-1+/t18-/m1/s1. The van der Waals surface area contributed by atoms with Crippen LogP contribution in [0.25, 0.3) is 12.2 Å². The lowest BCUT2D eigenvalue weighted by molar-refractivity contribution is -0.135. The summed E-state index contributed by atoms with van der Waals surface area (Å²) in [5.74, 6) is -1.02. The van der Waals surface area contributed by atoms with Crippen molar-refractivity contribution < 1.29 is 30.0 Å². The second-order valence-corrected chi connectivity index (χ2v) is 6.85. The van der Waals surface area contributed by atoms with Crippen molar-refractivity contribution in [3.8, 4) is 28.7 Å². The first-order valence-corrected chi connectivity index (χ1v) is 8.97. The van der Waals surface area contributed by atoms with Crippen LogP contribution in [0, 0.1) is 0 Å². The van der Waals surface area contributed by atoms with Crippen molar-refractivity contribution in [2.75, 3.05) is 0 Å². The number of carbonyl (C=O) groups excluding carboxylic acids is 1. The summed E-state index contributed by atoms with van der Waals surface area (Å²) in [5.41, 5.74) is 2.83. The number of fused-ring (bicyclic) bond motifs is 1. The van der Waals surface area contributed by atoms with Gasteiger partial charge >= 0.3 is 5.97 Å². The molecule has 0 aromatic heterocycles. The van der Waals surface area contributed by atoms with Crippen LogP contribution in [0.2, 0.25) is 0 Å². The van der Waals surface area contributed by atoms with Gasteiger partial charge in [-0.05, 0) is 47.0 Å². The Bertz CT molecular complexity index is 1110. The number of hydrogen-bond donors (Lipinski definition) is 4. The maximum absolute atomic E-state index is 12.1. The van der Waals surface area contributed by atoms with Crippen LogP contribution in [-0.2, 0) is 4.79 Å². The van der Waals surface area contributed by atoms with E-state index < -0.39 is 11.9 Å². The molecule has 1 aliphatic heterocycles. The van der Waals surface area contributed by atoms with Crippen LogP contribution in [0.3, 0.4) is 0 Å². The highest BCUT2D eigenvalue weighted by Gasteiger charge is 2.31. The van der Waals surface area contributed by atoms with Gasteiger partial charge < -0.3 is 25.2 Å². The summed E-state index contributed by atoms with van der Waals surface area (Å²) in [6, 6.07) is 14.0. The number of benzene rings is 3. The number of carbonyl (C=O) groups is 1. The van der Waals surface area contributed by atoms with Gasteiger partial charge in [0.25, 0.3) is 0 Å². The molecule has 6 nitrogen and oxygen atoms in total. The summed E-state index contributed by atoms with van der Waals surface area (Å²) in [7, 11) is 0. The number of esters is 1. The molecule has 0 fully saturated rings. The lowest BCUT2D eigenvalue weighted by atomic mass is 9.83. The van der Waals surface area contributed by atoms with Crippen LogP contribution in [0.4, 0.5) is 0 Å². The molecule has 29 heavy (non-hydrogen) atoms. The molecule has 0 bridgehead atoms. The Hall–Kier alpha value is -3.93. The molecule has 0 aliphatic carbocycles. The van der Waals surface area contributed by atoms with Crippen LogP contribution in [-0.4, -0.2) is 26.4 Å². The van der Waals surface area contributed by atoms with E-state index >= 15 is 0 Å². The molecule has 0 unspecified atom stereocenters. The molecule has 0 radical (unpaired) electrons. The summed E-state index contributed by atoms with van der Waals surface area (Å²) in [6.07, 6.45) is 3.66. The molecule has 4 N–H and O–H groups in total. The minimum Gasteiger partial charge on any atom is -0.508 e. The van der Waals surface area contributed by atoms with E-state index in [1.54, 1.807) is 42.5 Å². The smallest absolute Gasteiger partial charge is 0.312 e. The molecule has 1 heterocycles. The van der Waals surface area contributed by atoms with Gasteiger partial charge in [0.05, 0.1) is 6.42 Å². The number of phenols is 4. The molecule has 1 aliphatic rings. The van der Waals surface area contributed by atoms with Gasteiger partial charge in [0.2, 0.25) is 0 Å². The predicted octanol–water partition coefficient (Wildman–Crippen LogP) is 4.12. The Morgan fingerprint density at radius 1 is 0.828 bits per heavy atom. The Morgan fingerprint density at radius 3 is 2.31 bits per heavy atom. The van der Waals surface area contributed by atoms with Crippen molar-refractivity contribution in [2.24, 2.45) is 0 Å². The van der Waals surface area contributed by atoms with Crippen molar-refractivity contribution in [1.82, 2.24) is 0 Å². The first-order valence-electron chi connectivity index (χ1n) is 8.97. The van der Waals surface area contributed by atoms with Gasteiger partial charge in [0.1, 0.15) is 17.2 Å². The SMILES string of the molecule is O=C1C[C@H](c2ccc(O)c(O)c2)c2c(/C=C/c3ccc(O)cc3)cc(O)cc2O1. The van der Waals surface area contributed by atoms with E-state index in [-0.39, 0.29) is 35.2 Å². The molecule has 1 atom stereocenters. The highest BCUT2D eigenvalue weighted by Crippen LogP contribution is 2.44. The molecule has 6 heteroatoms. The summed E-state index contributed by atoms with van der Waals surface area (Å²) in [6.45, 7) is 0. The third-order valence-electron chi connectivity index (χ3n) is 4.85. The predicted molar refractivity (Wildman–Crippen MR) is 107 cm³/mol. The summed E-state index contributed by atoms with van der Waals surface area (Å²) in [5, 5.41) is 39.0. The first-order chi connectivity index (χ1) is 13.9. The normalized spacial score (nSPS) is 15.9. The average Bonchev–Trinajstić information content (AvgIpc) is 2.68. The molecule has 4 rings (SSSR count). The van der Waals surface area contributed by atoms with E-state index in [9.17, 15) is 25.2 Å². The number of rotatable bonds is 3. The number of aromatic hydroxyl groups is 4. The molecular weight excluding hydrogens is 372 g/mol. The van der Waals surface area contributed by atoms with Gasteiger partial charge in [-0.25, -0.2) is 0 Å². The highest BCUT2D eigenvalue weighted by molar-refractivity contribution is 5.82. The fraction of sp³-hybridized carbons (Fsp3) is 0.0870. The topological polar surface area (TPSA) is 107 Å². The minimum absolute atomic E-state index is 0.0453.